The second-order valence-corrected chi connectivity index (χ2v) is 5.17. The molecular weight excluding hydrogens is 234 g/mol. The number of anilines is 1. The van der Waals surface area contributed by atoms with Gasteiger partial charge < -0.3 is 5.32 Å². The molecule has 1 heterocycles. The summed E-state index contributed by atoms with van der Waals surface area (Å²) in [6.45, 7) is 0. The minimum atomic E-state index is -0.256. The normalized spacial score (nSPS) is 23.1. The Bertz CT molecular complexity index is 690. The molecule has 0 amide bonds. The fraction of sp³-hybridized carbons (Fsp3) is 0.118. The highest BCUT2D eigenvalue weighted by Crippen LogP contribution is 2.43. The Morgan fingerprint density at radius 2 is 1.79 bits per heavy atom. The van der Waals surface area contributed by atoms with Gasteiger partial charge in [-0.1, -0.05) is 48.5 Å². The molecule has 1 spiro atoms. The highest BCUT2D eigenvalue weighted by atomic mass is 16.1. The summed E-state index contributed by atoms with van der Waals surface area (Å²) >= 11 is 0. The Kier molecular flexibility index (Phi) is 1.99. The van der Waals surface area contributed by atoms with E-state index in [1.807, 2.05) is 30.3 Å². The lowest BCUT2D eigenvalue weighted by molar-refractivity contribution is 0.104. The molecule has 0 aromatic heterocycles. The number of fused-ring (bicyclic) bond motifs is 3. The Balaban J connectivity index is 1.91. The monoisotopic (exact) mass is 247 g/mol. The summed E-state index contributed by atoms with van der Waals surface area (Å²) in [7, 11) is 0. The van der Waals surface area contributed by atoms with Gasteiger partial charge in [0.2, 0.25) is 0 Å². The molecule has 92 valence electrons. The van der Waals surface area contributed by atoms with Gasteiger partial charge in [0, 0.05) is 17.7 Å². The number of nitrogens with one attached hydrogen (secondary N) is 1. The minimum absolute atomic E-state index is 0.0963. The fourth-order valence-electron chi connectivity index (χ4n) is 3.13. The summed E-state index contributed by atoms with van der Waals surface area (Å²) < 4.78 is 0. The SMILES string of the molecule is O=C1C=CC2(Cc3ccccc3N2)c2ccccc21. The number of para-hydroxylation sites is 1. The number of hydrogen-bond donors (Lipinski definition) is 1. The van der Waals surface area contributed by atoms with Crippen molar-refractivity contribution in [3.63, 3.8) is 0 Å². The van der Waals surface area contributed by atoms with E-state index in [1.165, 1.54) is 5.56 Å². The van der Waals surface area contributed by atoms with Gasteiger partial charge >= 0.3 is 0 Å². The van der Waals surface area contributed by atoms with Crippen molar-refractivity contribution < 1.29 is 4.79 Å². The largest absolute Gasteiger partial charge is 0.372 e. The van der Waals surface area contributed by atoms with Crippen LogP contribution in [0.2, 0.25) is 0 Å². The van der Waals surface area contributed by atoms with Crippen molar-refractivity contribution in [2.45, 2.75) is 12.0 Å². The van der Waals surface area contributed by atoms with Crippen LogP contribution in [-0.4, -0.2) is 5.78 Å². The molecule has 2 heteroatoms. The second-order valence-electron chi connectivity index (χ2n) is 5.17. The lowest BCUT2D eigenvalue weighted by atomic mass is 9.79. The summed E-state index contributed by atoms with van der Waals surface area (Å²) in [5.41, 5.74) is 4.10. The molecule has 1 aliphatic heterocycles. The Labute approximate surface area is 111 Å². The first-order chi connectivity index (χ1) is 9.28. The van der Waals surface area contributed by atoms with Gasteiger partial charge in [0.15, 0.2) is 5.78 Å². The molecule has 1 aliphatic carbocycles. The van der Waals surface area contributed by atoms with E-state index in [1.54, 1.807) is 6.08 Å². The number of carbonyl (C=O) groups excluding carboxylic acids is 1. The van der Waals surface area contributed by atoms with Crippen molar-refractivity contribution in [3.8, 4) is 0 Å². The quantitative estimate of drug-likeness (QED) is 0.774. The topological polar surface area (TPSA) is 29.1 Å². The first kappa shape index (κ1) is 10.6. The van der Waals surface area contributed by atoms with Crippen molar-refractivity contribution in [2.24, 2.45) is 0 Å². The van der Waals surface area contributed by atoms with Crippen LogP contribution in [0, 0.1) is 0 Å². The maximum absolute atomic E-state index is 12.0. The molecule has 0 saturated carbocycles. The Hall–Kier alpha value is -2.35. The van der Waals surface area contributed by atoms with E-state index in [-0.39, 0.29) is 11.3 Å². The zero-order valence-electron chi connectivity index (χ0n) is 10.4. The van der Waals surface area contributed by atoms with Crippen molar-refractivity contribution in [3.05, 3.63) is 77.4 Å². The van der Waals surface area contributed by atoms with E-state index < -0.39 is 0 Å². The second kappa shape index (κ2) is 3.58. The van der Waals surface area contributed by atoms with Crippen LogP contribution in [0.15, 0.2) is 60.7 Å². The van der Waals surface area contributed by atoms with E-state index in [4.69, 9.17) is 0 Å². The molecule has 1 atom stereocenters. The van der Waals surface area contributed by atoms with E-state index in [9.17, 15) is 4.79 Å². The minimum Gasteiger partial charge on any atom is -0.372 e. The van der Waals surface area contributed by atoms with Crippen LogP contribution in [0.4, 0.5) is 5.69 Å². The molecule has 2 aromatic rings. The fourth-order valence-corrected chi connectivity index (χ4v) is 3.13. The van der Waals surface area contributed by atoms with Crippen LogP contribution in [0.3, 0.4) is 0 Å². The van der Waals surface area contributed by atoms with Crippen LogP contribution < -0.4 is 5.32 Å². The molecule has 4 rings (SSSR count). The summed E-state index contributed by atoms with van der Waals surface area (Å²) in [6, 6.07) is 16.2. The zero-order valence-corrected chi connectivity index (χ0v) is 10.4. The van der Waals surface area contributed by atoms with Crippen molar-refractivity contribution in [1.82, 2.24) is 0 Å². The molecule has 1 N–H and O–H groups in total. The number of benzene rings is 2. The first-order valence-electron chi connectivity index (χ1n) is 6.48. The number of ketones is 1. The Morgan fingerprint density at radius 1 is 1.00 bits per heavy atom. The van der Waals surface area contributed by atoms with E-state index in [2.05, 4.69) is 29.6 Å². The Morgan fingerprint density at radius 3 is 2.68 bits per heavy atom. The predicted octanol–water partition coefficient (Wildman–Crippen LogP) is 3.30. The van der Waals surface area contributed by atoms with E-state index in [0.717, 1.165) is 23.2 Å². The molecule has 19 heavy (non-hydrogen) atoms. The molecule has 2 aliphatic rings. The maximum Gasteiger partial charge on any atom is 0.185 e. The van der Waals surface area contributed by atoms with Gasteiger partial charge in [-0.2, -0.15) is 0 Å². The molecule has 2 aromatic carbocycles. The first-order valence-corrected chi connectivity index (χ1v) is 6.48. The molecule has 0 saturated heterocycles. The average Bonchev–Trinajstić information content (AvgIpc) is 2.83. The third-order valence-corrected chi connectivity index (χ3v) is 4.04. The molecule has 0 bridgehead atoms. The van der Waals surface area contributed by atoms with Gasteiger partial charge in [0.25, 0.3) is 0 Å². The number of hydrogen-bond acceptors (Lipinski definition) is 2. The van der Waals surface area contributed by atoms with Gasteiger partial charge in [0.1, 0.15) is 0 Å². The number of carbonyl (C=O) groups is 1. The highest BCUT2D eigenvalue weighted by Gasteiger charge is 2.40. The molecular formula is C17H13NO. The summed E-state index contributed by atoms with van der Waals surface area (Å²) in [5.74, 6) is 0.0963. The van der Waals surface area contributed by atoms with Gasteiger partial charge in [-0.25, -0.2) is 0 Å². The van der Waals surface area contributed by atoms with Gasteiger partial charge in [-0.15, -0.1) is 0 Å². The third kappa shape index (κ3) is 1.40. The summed E-state index contributed by atoms with van der Waals surface area (Å²) in [6.07, 6.45) is 4.60. The third-order valence-electron chi connectivity index (χ3n) is 4.04. The molecule has 0 radical (unpaired) electrons. The summed E-state index contributed by atoms with van der Waals surface area (Å²) in [4.78, 5) is 12.0. The van der Waals surface area contributed by atoms with Gasteiger partial charge in [-0.3, -0.25) is 4.79 Å². The van der Waals surface area contributed by atoms with Crippen molar-refractivity contribution in [1.29, 1.82) is 0 Å². The van der Waals surface area contributed by atoms with E-state index >= 15 is 0 Å². The van der Waals surface area contributed by atoms with Crippen LogP contribution in [-0.2, 0) is 12.0 Å². The van der Waals surface area contributed by atoms with Gasteiger partial charge in [-0.05, 0) is 23.3 Å². The van der Waals surface area contributed by atoms with Crippen LogP contribution in [0.1, 0.15) is 21.5 Å². The molecule has 1 unspecified atom stereocenters. The van der Waals surface area contributed by atoms with E-state index in [0.29, 0.717) is 0 Å². The number of allylic oxidation sites excluding steroid dienone is 1. The standard InChI is InChI=1S/C17H13NO/c19-16-9-10-17(14-7-3-2-6-13(14)16)11-12-5-1-4-8-15(12)18-17/h1-10,18H,11H2. The summed E-state index contributed by atoms with van der Waals surface area (Å²) in [5, 5.41) is 3.59. The predicted molar refractivity (Wildman–Crippen MR) is 75.4 cm³/mol. The lowest BCUT2D eigenvalue weighted by Crippen LogP contribution is -2.35. The lowest BCUT2D eigenvalue weighted by Gasteiger charge is -2.31. The van der Waals surface area contributed by atoms with Gasteiger partial charge in [0.05, 0.1) is 5.54 Å². The average molecular weight is 247 g/mol. The molecule has 2 nitrogen and oxygen atoms in total. The molecule has 0 fully saturated rings. The highest BCUT2D eigenvalue weighted by molar-refractivity contribution is 6.07. The zero-order chi connectivity index (χ0) is 12.9. The van der Waals surface area contributed by atoms with Crippen LogP contribution in [0.25, 0.3) is 0 Å². The maximum atomic E-state index is 12.0. The number of rotatable bonds is 0. The van der Waals surface area contributed by atoms with Crippen molar-refractivity contribution >= 4 is 11.5 Å². The van der Waals surface area contributed by atoms with Crippen LogP contribution in [0.5, 0.6) is 0 Å². The van der Waals surface area contributed by atoms with Crippen molar-refractivity contribution in [2.75, 3.05) is 5.32 Å². The van der Waals surface area contributed by atoms with Crippen LogP contribution >= 0.6 is 0 Å². The smallest absolute Gasteiger partial charge is 0.185 e.